The summed E-state index contributed by atoms with van der Waals surface area (Å²) < 4.78 is 12.3. The zero-order valence-corrected chi connectivity index (χ0v) is 18.6. The van der Waals surface area contributed by atoms with E-state index in [1.54, 1.807) is 0 Å². The molecule has 2 aliphatic rings. The molecule has 0 bridgehead atoms. The number of hydrogen-bond donors (Lipinski definition) is 0. The van der Waals surface area contributed by atoms with Gasteiger partial charge in [-0.15, -0.1) is 0 Å². The summed E-state index contributed by atoms with van der Waals surface area (Å²) in [6.45, 7) is 13.9. The third-order valence-corrected chi connectivity index (χ3v) is 11.5. The molecule has 2 heterocycles. The Kier molecular flexibility index (Phi) is 5.85. The van der Waals surface area contributed by atoms with E-state index in [1.165, 1.54) is 6.42 Å². The van der Waals surface area contributed by atoms with E-state index in [1.807, 2.05) is 30.3 Å². The molecule has 4 nitrogen and oxygen atoms in total. The molecular weight excluding hydrogens is 354 g/mol. The predicted molar refractivity (Wildman–Crippen MR) is 112 cm³/mol. The average Bonchev–Trinajstić information content (AvgIpc) is 3.17. The first kappa shape index (κ1) is 20.6. The van der Waals surface area contributed by atoms with Gasteiger partial charge in [0.05, 0.1) is 11.1 Å². The predicted octanol–water partition coefficient (Wildman–Crippen LogP) is 4.86. The zero-order valence-electron chi connectivity index (χ0n) is 17.6. The highest BCUT2D eigenvalue weighted by molar-refractivity contribution is 6.74. The smallest absolute Gasteiger partial charge is 0.338 e. The Hall–Kier alpha value is -1.17. The summed E-state index contributed by atoms with van der Waals surface area (Å²) in [7, 11) is -1.73. The average molecular weight is 390 g/mol. The third-order valence-electron chi connectivity index (χ3n) is 6.96. The molecule has 2 atom stereocenters. The molecule has 0 aliphatic carbocycles. The van der Waals surface area contributed by atoms with Gasteiger partial charge in [-0.3, -0.25) is 4.90 Å². The highest BCUT2D eigenvalue weighted by Gasteiger charge is 2.50. The lowest BCUT2D eigenvalue weighted by molar-refractivity contribution is 0.0159. The van der Waals surface area contributed by atoms with Crippen LogP contribution < -0.4 is 0 Å². The Morgan fingerprint density at radius 1 is 1.22 bits per heavy atom. The second-order valence-corrected chi connectivity index (χ2v) is 14.5. The van der Waals surface area contributed by atoms with Gasteiger partial charge >= 0.3 is 5.97 Å². The monoisotopic (exact) mass is 389 g/mol. The molecule has 3 rings (SSSR count). The van der Waals surface area contributed by atoms with Crippen LogP contribution >= 0.6 is 0 Å². The molecule has 2 aliphatic heterocycles. The second kappa shape index (κ2) is 7.68. The van der Waals surface area contributed by atoms with Crippen LogP contribution in [0.25, 0.3) is 0 Å². The van der Waals surface area contributed by atoms with Crippen molar-refractivity contribution in [3.63, 3.8) is 0 Å². The minimum absolute atomic E-state index is 0.0197. The van der Waals surface area contributed by atoms with Crippen molar-refractivity contribution in [1.29, 1.82) is 0 Å². The van der Waals surface area contributed by atoms with Crippen molar-refractivity contribution in [3.8, 4) is 0 Å². The maximum absolute atomic E-state index is 12.4. The third kappa shape index (κ3) is 4.30. The van der Waals surface area contributed by atoms with Crippen molar-refractivity contribution in [2.24, 2.45) is 0 Å². The van der Waals surface area contributed by atoms with Gasteiger partial charge in [-0.2, -0.15) is 0 Å². The number of rotatable bonds is 6. The van der Waals surface area contributed by atoms with Crippen LogP contribution in [0.3, 0.4) is 0 Å². The van der Waals surface area contributed by atoms with Gasteiger partial charge in [-0.25, -0.2) is 4.79 Å². The van der Waals surface area contributed by atoms with Crippen molar-refractivity contribution < 1.29 is 14.0 Å². The first-order valence-corrected chi connectivity index (χ1v) is 13.2. The van der Waals surface area contributed by atoms with Crippen LogP contribution in [0.5, 0.6) is 0 Å². The maximum Gasteiger partial charge on any atom is 0.338 e. The van der Waals surface area contributed by atoms with Gasteiger partial charge in [-0.1, -0.05) is 39.0 Å². The second-order valence-electron chi connectivity index (χ2n) is 9.73. The fourth-order valence-corrected chi connectivity index (χ4v) is 5.21. The lowest BCUT2D eigenvalue weighted by atomic mass is 9.95. The van der Waals surface area contributed by atoms with Gasteiger partial charge in [0.15, 0.2) is 8.32 Å². The van der Waals surface area contributed by atoms with E-state index >= 15 is 0 Å². The molecule has 5 heteroatoms. The van der Waals surface area contributed by atoms with Crippen LogP contribution in [0.4, 0.5) is 0 Å². The molecule has 1 aromatic rings. The molecule has 0 radical (unpaired) electrons. The molecule has 27 heavy (non-hydrogen) atoms. The van der Waals surface area contributed by atoms with Crippen LogP contribution in [-0.4, -0.2) is 50.5 Å². The summed E-state index contributed by atoms with van der Waals surface area (Å²) in [4.78, 5) is 15.0. The van der Waals surface area contributed by atoms with E-state index in [2.05, 4.69) is 38.8 Å². The maximum atomic E-state index is 12.4. The normalized spacial score (nSPS) is 26.2. The van der Waals surface area contributed by atoms with Crippen molar-refractivity contribution in [2.75, 3.05) is 19.8 Å². The Labute approximate surface area is 165 Å². The Balaban J connectivity index is 1.59. The number of esters is 1. The molecule has 1 aromatic carbocycles. The summed E-state index contributed by atoms with van der Waals surface area (Å²) >= 11 is 0. The van der Waals surface area contributed by atoms with E-state index < -0.39 is 8.32 Å². The van der Waals surface area contributed by atoms with E-state index in [-0.39, 0.29) is 16.5 Å². The lowest BCUT2D eigenvalue weighted by Gasteiger charge is -2.39. The number of carbonyl (C=O) groups excluding carboxylic acids is 1. The molecular formula is C22H35NO3Si. The molecule has 0 aromatic heterocycles. The molecule has 0 spiro atoms. The number of benzene rings is 1. The zero-order chi connectivity index (χ0) is 19.7. The molecule has 0 N–H and O–H groups in total. The summed E-state index contributed by atoms with van der Waals surface area (Å²) in [5, 5.41) is 0.235. The van der Waals surface area contributed by atoms with Crippen LogP contribution in [0.15, 0.2) is 30.3 Å². The molecule has 150 valence electrons. The molecule has 2 saturated heterocycles. The van der Waals surface area contributed by atoms with E-state index in [4.69, 9.17) is 9.16 Å². The highest BCUT2D eigenvalue weighted by atomic mass is 28.4. The fraction of sp³-hybridized carbons (Fsp3) is 0.682. The van der Waals surface area contributed by atoms with Gasteiger partial charge in [0.1, 0.15) is 6.61 Å². The molecule has 2 fully saturated rings. The number of hydrogen-bond acceptors (Lipinski definition) is 4. The summed E-state index contributed by atoms with van der Waals surface area (Å²) in [6.07, 6.45) is 4.53. The first-order chi connectivity index (χ1) is 12.6. The minimum atomic E-state index is -1.73. The van der Waals surface area contributed by atoms with E-state index in [9.17, 15) is 4.79 Å². The largest absolute Gasteiger partial charge is 0.460 e. The number of nitrogens with zero attached hydrogens (tertiary/aromatic N) is 1. The van der Waals surface area contributed by atoms with Crippen LogP contribution in [0.1, 0.15) is 56.8 Å². The van der Waals surface area contributed by atoms with E-state index in [0.29, 0.717) is 18.2 Å². The Bertz CT molecular complexity index is 655. The minimum Gasteiger partial charge on any atom is -0.460 e. The van der Waals surface area contributed by atoms with Gasteiger partial charge in [0.25, 0.3) is 0 Å². The first-order valence-electron chi connectivity index (χ1n) is 10.3. The summed E-state index contributed by atoms with van der Waals surface area (Å²) in [5.41, 5.74) is 0.653. The Morgan fingerprint density at radius 3 is 2.59 bits per heavy atom. The quantitative estimate of drug-likeness (QED) is 0.514. The SMILES string of the molecule is CC(C)(C)[Si](C)(C)OCC1CCC2(COC(=O)c3ccccc3)CCCN12. The van der Waals surface area contributed by atoms with Crippen molar-refractivity contribution in [2.45, 2.75) is 76.2 Å². The van der Waals surface area contributed by atoms with Gasteiger partial charge in [0.2, 0.25) is 0 Å². The molecule has 2 unspecified atom stereocenters. The van der Waals surface area contributed by atoms with Crippen molar-refractivity contribution in [1.82, 2.24) is 4.90 Å². The van der Waals surface area contributed by atoms with Crippen LogP contribution in [0, 0.1) is 0 Å². The topological polar surface area (TPSA) is 38.8 Å². The Morgan fingerprint density at radius 2 is 1.93 bits per heavy atom. The van der Waals surface area contributed by atoms with E-state index in [0.717, 1.165) is 32.4 Å². The van der Waals surface area contributed by atoms with Gasteiger partial charge in [-0.05, 0) is 62.5 Å². The molecule has 0 amide bonds. The number of fused-ring (bicyclic) bond motifs is 1. The number of ether oxygens (including phenoxy) is 1. The standard InChI is InChI=1S/C22H35NO3Si/c1-21(2,3)27(4,5)26-16-19-12-14-22(13-9-15-23(19)22)17-25-20(24)18-10-7-6-8-11-18/h6-8,10-11,19H,9,12-17H2,1-5H3. The van der Waals surface area contributed by atoms with Gasteiger partial charge < -0.3 is 9.16 Å². The summed E-state index contributed by atoms with van der Waals surface area (Å²) in [5.74, 6) is -0.210. The van der Waals surface area contributed by atoms with Crippen LogP contribution in [-0.2, 0) is 9.16 Å². The molecule has 0 saturated carbocycles. The number of carbonyl (C=O) groups is 1. The fourth-order valence-electron chi connectivity index (χ4n) is 4.17. The van der Waals surface area contributed by atoms with Crippen molar-refractivity contribution in [3.05, 3.63) is 35.9 Å². The van der Waals surface area contributed by atoms with Gasteiger partial charge in [0, 0.05) is 12.6 Å². The highest BCUT2D eigenvalue weighted by Crippen LogP contribution is 2.44. The van der Waals surface area contributed by atoms with Crippen LogP contribution in [0.2, 0.25) is 18.1 Å². The summed E-state index contributed by atoms with van der Waals surface area (Å²) in [6, 6.07) is 9.75. The lowest BCUT2D eigenvalue weighted by Crippen LogP contribution is -2.49. The van der Waals surface area contributed by atoms with Crippen molar-refractivity contribution >= 4 is 14.3 Å².